The molecule has 0 aliphatic carbocycles. The first-order valence-electron chi connectivity index (χ1n) is 6.06. The van der Waals surface area contributed by atoms with Crippen molar-refractivity contribution in [2.45, 2.75) is 25.8 Å². The molecule has 0 saturated heterocycles. The molecule has 0 saturated carbocycles. The van der Waals surface area contributed by atoms with E-state index in [9.17, 15) is 0 Å². The summed E-state index contributed by atoms with van der Waals surface area (Å²) in [6, 6.07) is 11.0. The molecule has 0 bridgehead atoms. The first-order valence-corrected chi connectivity index (χ1v) is 6.06. The van der Waals surface area contributed by atoms with Gasteiger partial charge in [0.2, 0.25) is 0 Å². The number of hydrogen-bond acceptors (Lipinski definition) is 3. The highest BCUT2D eigenvalue weighted by molar-refractivity contribution is 5.33. The summed E-state index contributed by atoms with van der Waals surface area (Å²) in [7, 11) is 0. The van der Waals surface area contributed by atoms with Crippen LogP contribution in [0.5, 0.6) is 0 Å². The second kappa shape index (κ2) is 4.34. The SMILES string of the molecule is Cc1cc(CC2NCCc3ccccc32)on1. The summed E-state index contributed by atoms with van der Waals surface area (Å²) in [4.78, 5) is 0. The highest BCUT2D eigenvalue weighted by Gasteiger charge is 2.20. The molecule has 1 atom stereocenters. The summed E-state index contributed by atoms with van der Waals surface area (Å²) in [5.41, 5.74) is 3.80. The van der Waals surface area contributed by atoms with Gasteiger partial charge in [0.1, 0.15) is 5.76 Å². The number of rotatable bonds is 2. The smallest absolute Gasteiger partial charge is 0.138 e. The Morgan fingerprint density at radius 2 is 2.29 bits per heavy atom. The molecule has 1 unspecified atom stereocenters. The van der Waals surface area contributed by atoms with Gasteiger partial charge in [-0.2, -0.15) is 0 Å². The van der Waals surface area contributed by atoms with Crippen molar-refractivity contribution in [2.75, 3.05) is 6.54 Å². The van der Waals surface area contributed by atoms with E-state index in [-0.39, 0.29) is 0 Å². The highest BCUT2D eigenvalue weighted by atomic mass is 16.5. The van der Waals surface area contributed by atoms with E-state index in [1.54, 1.807) is 0 Å². The second-order valence-electron chi connectivity index (χ2n) is 4.59. The topological polar surface area (TPSA) is 38.1 Å². The predicted octanol–water partition coefficient (Wildman–Crippen LogP) is 2.41. The van der Waals surface area contributed by atoms with Gasteiger partial charge in [0.05, 0.1) is 5.69 Å². The minimum absolute atomic E-state index is 0.354. The number of benzene rings is 1. The summed E-state index contributed by atoms with van der Waals surface area (Å²) < 4.78 is 5.29. The molecule has 2 aromatic rings. The summed E-state index contributed by atoms with van der Waals surface area (Å²) in [5, 5.41) is 7.48. The fourth-order valence-electron chi connectivity index (χ4n) is 2.49. The Kier molecular flexibility index (Phi) is 2.69. The zero-order valence-electron chi connectivity index (χ0n) is 9.94. The Bertz CT molecular complexity index is 518. The molecular formula is C14H16N2O. The van der Waals surface area contributed by atoms with E-state index in [1.807, 2.05) is 13.0 Å². The van der Waals surface area contributed by atoms with Crippen molar-refractivity contribution in [1.82, 2.24) is 10.5 Å². The second-order valence-corrected chi connectivity index (χ2v) is 4.59. The molecule has 3 heteroatoms. The quantitative estimate of drug-likeness (QED) is 0.857. The van der Waals surface area contributed by atoms with Crippen molar-refractivity contribution in [3.05, 3.63) is 52.9 Å². The van der Waals surface area contributed by atoms with Crippen molar-refractivity contribution in [1.29, 1.82) is 0 Å². The predicted molar refractivity (Wildman–Crippen MR) is 65.8 cm³/mol. The standard InChI is InChI=1S/C14H16N2O/c1-10-8-12(17-16-10)9-14-13-5-3-2-4-11(13)6-7-15-14/h2-5,8,14-15H,6-7,9H2,1H3. The van der Waals surface area contributed by atoms with E-state index in [0.717, 1.165) is 30.8 Å². The lowest BCUT2D eigenvalue weighted by Crippen LogP contribution is -2.31. The molecule has 1 aliphatic heterocycles. The Morgan fingerprint density at radius 3 is 3.12 bits per heavy atom. The minimum Gasteiger partial charge on any atom is -0.361 e. The largest absolute Gasteiger partial charge is 0.361 e. The molecule has 1 aromatic heterocycles. The molecule has 0 spiro atoms. The van der Waals surface area contributed by atoms with Crippen LogP contribution in [0.1, 0.15) is 28.6 Å². The van der Waals surface area contributed by atoms with Crippen molar-refractivity contribution < 1.29 is 4.52 Å². The van der Waals surface area contributed by atoms with Crippen LogP contribution in [0.4, 0.5) is 0 Å². The minimum atomic E-state index is 0.354. The fraction of sp³-hybridized carbons (Fsp3) is 0.357. The van der Waals surface area contributed by atoms with Gasteiger partial charge in [0.15, 0.2) is 0 Å². The van der Waals surface area contributed by atoms with Crippen LogP contribution in [0.3, 0.4) is 0 Å². The molecule has 0 radical (unpaired) electrons. The molecule has 3 nitrogen and oxygen atoms in total. The Morgan fingerprint density at radius 1 is 1.41 bits per heavy atom. The van der Waals surface area contributed by atoms with Gasteiger partial charge in [0, 0.05) is 18.5 Å². The summed E-state index contributed by atoms with van der Waals surface area (Å²) in [6.45, 7) is 2.99. The lowest BCUT2D eigenvalue weighted by Gasteiger charge is -2.26. The first-order chi connectivity index (χ1) is 8.33. The van der Waals surface area contributed by atoms with E-state index in [2.05, 4.69) is 34.7 Å². The third-order valence-electron chi connectivity index (χ3n) is 3.30. The first kappa shape index (κ1) is 10.5. The monoisotopic (exact) mass is 228 g/mol. The van der Waals surface area contributed by atoms with Crippen LogP contribution >= 0.6 is 0 Å². The van der Waals surface area contributed by atoms with E-state index >= 15 is 0 Å². The van der Waals surface area contributed by atoms with Crippen molar-refractivity contribution in [3.8, 4) is 0 Å². The molecule has 3 rings (SSSR count). The number of aryl methyl sites for hydroxylation is 1. The molecule has 1 N–H and O–H groups in total. The average Bonchev–Trinajstić information content (AvgIpc) is 2.75. The number of nitrogens with one attached hydrogen (secondary N) is 1. The molecule has 88 valence electrons. The van der Waals surface area contributed by atoms with Crippen molar-refractivity contribution in [2.24, 2.45) is 0 Å². The van der Waals surface area contributed by atoms with Crippen LogP contribution in [-0.4, -0.2) is 11.7 Å². The number of aromatic nitrogens is 1. The lowest BCUT2D eigenvalue weighted by atomic mass is 9.92. The summed E-state index contributed by atoms with van der Waals surface area (Å²) >= 11 is 0. The molecule has 1 aromatic carbocycles. The fourth-order valence-corrected chi connectivity index (χ4v) is 2.49. The highest BCUT2D eigenvalue weighted by Crippen LogP contribution is 2.25. The van der Waals surface area contributed by atoms with Crippen molar-refractivity contribution >= 4 is 0 Å². The zero-order chi connectivity index (χ0) is 11.7. The zero-order valence-corrected chi connectivity index (χ0v) is 9.94. The van der Waals surface area contributed by atoms with Gasteiger partial charge in [-0.05, 0) is 31.0 Å². The van der Waals surface area contributed by atoms with Gasteiger partial charge in [0.25, 0.3) is 0 Å². The Balaban J connectivity index is 1.85. The number of fused-ring (bicyclic) bond motifs is 1. The number of hydrogen-bond donors (Lipinski definition) is 1. The maximum Gasteiger partial charge on any atom is 0.138 e. The van der Waals surface area contributed by atoms with Crippen LogP contribution in [0, 0.1) is 6.92 Å². The van der Waals surface area contributed by atoms with Gasteiger partial charge in [-0.3, -0.25) is 0 Å². The van der Waals surface area contributed by atoms with Crippen LogP contribution in [0.15, 0.2) is 34.9 Å². The van der Waals surface area contributed by atoms with Crippen LogP contribution in [-0.2, 0) is 12.8 Å². The molecule has 0 amide bonds. The molecule has 0 fully saturated rings. The molecule has 1 aliphatic rings. The average molecular weight is 228 g/mol. The summed E-state index contributed by atoms with van der Waals surface area (Å²) in [5.74, 6) is 0.955. The van der Waals surface area contributed by atoms with E-state index in [4.69, 9.17) is 4.52 Å². The van der Waals surface area contributed by atoms with Crippen LogP contribution in [0.25, 0.3) is 0 Å². The van der Waals surface area contributed by atoms with Gasteiger partial charge in [-0.25, -0.2) is 0 Å². The normalized spacial score (nSPS) is 19.0. The van der Waals surface area contributed by atoms with E-state index in [1.165, 1.54) is 11.1 Å². The van der Waals surface area contributed by atoms with Gasteiger partial charge < -0.3 is 9.84 Å². The van der Waals surface area contributed by atoms with E-state index in [0.29, 0.717) is 6.04 Å². The van der Waals surface area contributed by atoms with Gasteiger partial charge in [-0.1, -0.05) is 29.4 Å². The molecule has 2 heterocycles. The number of nitrogens with zero attached hydrogens (tertiary/aromatic N) is 1. The van der Waals surface area contributed by atoms with Gasteiger partial charge >= 0.3 is 0 Å². The Labute approximate surface area is 101 Å². The van der Waals surface area contributed by atoms with Crippen LogP contribution in [0.2, 0.25) is 0 Å². The lowest BCUT2D eigenvalue weighted by molar-refractivity contribution is 0.358. The van der Waals surface area contributed by atoms with Gasteiger partial charge in [-0.15, -0.1) is 0 Å². The Hall–Kier alpha value is -1.61. The maximum absolute atomic E-state index is 5.29. The maximum atomic E-state index is 5.29. The van der Waals surface area contributed by atoms with Crippen molar-refractivity contribution in [3.63, 3.8) is 0 Å². The molecular weight excluding hydrogens is 212 g/mol. The summed E-state index contributed by atoms with van der Waals surface area (Å²) in [6.07, 6.45) is 1.99. The molecule has 17 heavy (non-hydrogen) atoms. The third kappa shape index (κ3) is 2.11. The third-order valence-corrected chi connectivity index (χ3v) is 3.30. The van der Waals surface area contributed by atoms with Crippen LogP contribution < -0.4 is 5.32 Å². The van der Waals surface area contributed by atoms with E-state index < -0.39 is 0 Å².